The van der Waals surface area contributed by atoms with Gasteiger partial charge in [0.15, 0.2) is 0 Å². The van der Waals surface area contributed by atoms with Gasteiger partial charge in [0.1, 0.15) is 0 Å². The molecule has 1 heterocycles. The van der Waals surface area contributed by atoms with Crippen molar-refractivity contribution in [3.8, 4) is 0 Å². The van der Waals surface area contributed by atoms with Crippen molar-refractivity contribution in [2.45, 2.75) is 0 Å². The number of carbonyl (C=O) groups is 2. The second-order valence-electron chi connectivity index (χ2n) is 4.31. The summed E-state index contributed by atoms with van der Waals surface area (Å²) >= 11 is 0. The van der Waals surface area contributed by atoms with E-state index >= 15 is 0 Å². The molecule has 1 aromatic rings. The van der Waals surface area contributed by atoms with Gasteiger partial charge < -0.3 is 0 Å². The zero-order chi connectivity index (χ0) is 14.5. The number of hydrogen-bond acceptors (Lipinski definition) is 2. The van der Waals surface area contributed by atoms with Crippen molar-refractivity contribution >= 4 is 11.8 Å². The molecule has 0 unspecified atom stereocenters. The number of nitrogens with zero attached hydrogens (tertiary/aromatic N) is 1. The van der Waals surface area contributed by atoms with E-state index in [9.17, 15) is 9.59 Å². The predicted octanol–water partition coefficient (Wildman–Crippen LogP) is 3.14. The Morgan fingerprint density at radius 2 is 1.65 bits per heavy atom. The van der Waals surface area contributed by atoms with Gasteiger partial charge in [-0.3, -0.25) is 14.5 Å². The summed E-state index contributed by atoms with van der Waals surface area (Å²) in [5.74, 6) is -0.514. The summed E-state index contributed by atoms with van der Waals surface area (Å²) in [4.78, 5) is 25.7. The Bertz CT molecular complexity index is 603. The van der Waals surface area contributed by atoms with E-state index in [4.69, 9.17) is 0 Å². The maximum atomic E-state index is 12.2. The summed E-state index contributed by atoms with van der Waals surface area (Å²) in [6.07, 6.45) is 8.59. The van der Waals surface area contributed by atoms with E-state index in [1.807, 2.05) is 0 Å². The zero-order valence-electron chi connectivity index (χ0n) is 11.1. The summed E-state index contributed by atoms with van der Waals surface area (Å²) in [6, 6.07) is 6.86. The molecule has 1 aliphatic heterocycles. The molecule has 2 rings (SSSR count). The van der Waals surface area contributed by atoms with Crippen LogP contribution in [0.15, 0.2) is 73.4 Å². The van der Waals surface area contributed by atoms with Crippen LogP contribution < -0.4 is 0 Å². The van der Waals surface area contributed by atoms with Crippen LogP contribution in [-0.4, -0.2) is 23.3 Å². The first-order chi connectivity index (χ1) is 9.69. The van der Waals surface area contributed by atoms with Gasteiger partial charge in [0, 0.05) is 0 Å². The number of hydrogen-bond donors (Lipinski definition) is 0. The lowest BCUT2D eigenvalue weighted by Crippen LogP contribution is -2.31. The zero-order valence-corrected chi connectivity index (χ0v) is 11.1. The number of amides is 2. The summed E-state index contributed by atoms with van der Waals surface area (Å²) in [5, 5.41) is 0. The highest BCUT2D eigenvalue weighted by molar-refractivity contribution is 6.21. The van der Waals surface area contributed by atoms with Crippen LogP contribution in [0.1, 0.15) is 20.7 Å². The lowest BCUT2D eigenvalue weighted by atomic mass is 10.1. The van der Waals surface area contributed by atoms with Crippen LogP contribution in [0.4, 0.5) is 0 Å². The molecule has 0 bridgehead atoms. The molecule has 0 spiro atoms. The van der Waals surface area contributed by atoms with Crippen molar-refractivity contribution in [2.24, 2.45) is 0 Å². The quantitative estimate of drug-likeness (QED) is 0.606. The molecule has 0 radical (unpaired) electrons. The third kappa shape index (κ3) is 2.52. The highest BCUT2D eigenvalue weighted by Gasteiger charge is 2.34. The van der Waals surface area contributed by atoms with Crippen molar-refractivity contribution in [2.75, 3.05) is 6.54 Å². The van der Waals surface area contributed by atoms with Crippen LogP contribution >= 0.6 is 0 Å². The van der Waals surface area contributed by atoms with E-state index in [2.05, 4.69) is 13.2 Å². The molecule has 0 fully saturated rings. The molecule has 0 atom stereocenters. The fourth-order valence-electron chi connectivity index (χ4n) is 2.07. The van der Waals surface area contributed by atoms with Gasteiger partial charge in [-0.05, 0) is 17.7 Å². The first-order valence-corrected chi connectivity index (χ1v) is 6.25. The Morgan fingerprint density at radius 1 is 1.05 bits per heavy atom. The second kappa shape index (κ2) is 5.97. The molecule has 0 saturated heterocycles. The van der Waals surface area contributed by atoms with Crippen LogP contribution in [0.3, 0.4) is 0 Å². The van der Waals surface area contributed by atoms with Gasteiger partial charge in [0.2, 0.25) is 0 Å². The molecular formula is C17H15NO2. The van der Waals surface area contributed by atoms with E-state index in [0.717, 1.165) is 5.57 Å². The number of imide groups is 1. The molecular weight excluding hydrogens is 250 g/mol. The second-order valence-corrected chi connectivity index (χ2v) is 4.31. The van der Waals surface area contributed by atoms with Crippen LogP contribution in [0.5, 0.6) is 0 Å². The lowest BCUT2D eigenvalue weighted by Gasteiger charge is -2.14. The van der Waals surface area contributed by atoms with Crippen molar-refractivity contribution in [1.82, 2.24) is 4.90 Å². The molecule has 3 heteroatoms. The van der Waals surface area contributed by atoms with Gasteiger partial charge >= 0.3 is 0 Å². The van der Waals surface area contributed by atoms with Gasteiger partial charge in [-0.1, -0.05) is 55.7 Å². The van der Waals surface area contributed by atoms with Gasteiger partial charge in [-0.25, -0.2) is 0 Å². The maximum Gasteiger partial charge on any atom is 0.261 e. The molecule has 2 amide bonds. The van der Waals surface area contributed by atoms with Gasteiger partial charge in [-0.2, -0.15) is 0 Å². The molecule has 1 aliphatic rings. The number of fused-ring (bicyclic) bond motifs is 1. The van der Waals surface area contributed by atoms with Crippen LogP contribution in [0, 0.1) is 0 Å². The van der Waals surface area contributed by atoms with E-state index in [-0.39, 0.29) is 18.4 Å². The summed E-state index contributed by atoms with van der Waals surface area (Å²) < 4.78 is 0. The molecule has 3 nitrogen and oxygen atoms in total. The number of rotatable bonds is 5. The van der Waals surface area contributed by atoms with Gasteiger partial charge in [0.05, 0.1) is 17.7 Å². The van der Waals surface area contributed by atoms with E-state index < -0.39 is 0 Å². The summed E-state index contributed by atoms with van der Waals surface area (Å²) in [6.45, 7) is 7.46. The monoisotopic (exact) mass is 265 g/mol. The summed E-state index contributed by atoms with van der Waals surface area (Å²) in [5.41, 5.74) is 1.74. The van der Waals surface area contributed by atoms with Gasteiger partial charge in [0.25, 0.3) is 11.8 Å². The fourth-order valence-corrected chi connectivity index (χ4v) is 2.07. The average molecular weight is 265 g/mol. The standard InChI is InChI=1S/C17H15NO2/c1-3-5-9-13(8-4-2)12-18-16(19)14-10-6-7-11-15(14)17(18)20/h3-11H,1-2,12H2/b9-5-,13-8+. The Kier molecular flexibility index (Phi) is 4.11. The van der Waals surface area contributed by atoms with Crippen molar-refractivity contribution in [1.29, 1.82) is 0 Å². The van der Waals surface area contributed by atoms with E-state index in [0.29, 0.717) is 11.1 Å². The minimum atomic E-state index is -0.257. The minimum absolute atomic E-state index is 0.225. The summed E-state index contributed by atoms with van der Waals surface area (Å²) in [7, 11) is 0. The number of allylic oxidation sites excluding steroid dienone is 4. The first kappa shape index (κ1) is 13.7. The van der Waals surface area contributed by atoms with Crippen molar-refractivity contribution < 1.29 is 9.59 Å². The third-order valence-corrected chi connectivity index (χ3v) is 3.00. The molecule has 100 valence electrons. The smallest absolute Gasteiger partial charge is 0.261 e. The van der Waals surface area contributed by atoms with E-state index in [1.54, 1.807) is 54.6 Å². The first-order valence-electron chi connectivity index (χ1n) is 6.25. The number of benzene rings is 1. The predicted molar refractivity (Wildman–Crippen MR) is 79.4 cm³/mol. The topological polar surface area (TPSA) is 37.4 Å². The van der Waals surface area contributed by atoms with E-state index in [1.165, 1.54) is 4.90 Å². The van der Waals surface area contributed by atoms with Crippen LogP contribution in [0.2, 0.25) is 0 Å². The van der Waals surface area contributed by atoms with Crippen molar-refractivity contribution in [3.63, 3.8) is 0 Å². The molecule has 0 aliphatic carbocycles. The molecule has 0 saturated carbocycles. The SMILES string of the molecule is C=C/C=C\C(=C/C=C)CN1C(=O)c2ccccc2C1=O. The normalized spacial score (nSPS) is 14.8. The minimum Gasteiger partial charge on any atom is -0.270 e. The van der Waals surface area contributed by atoms with Crippen LogP contribution in [0.25, 0.3) is 0 Å². The molecule has 0 aromatic heterocycles. The van der Waals surface area contributed by atoms with Gasteiger partial charge in [-0.15, -0.1) is 0 Å². The number of carbonyl (C=O) groups excluding carboxylic acids is 2. The Balaban J connectivity index is 2.27. The maximum absolute atomic E-state index is 12.2. The largest absolute Gasteiger partial charge is 0.270 e. The van der Waals surface area contributed by atoms with Crippen molar-refractivity contribution in [3.05, 3.63) is 84.5 Å². The molecule has 1 aromatic carbocycles. The lowest BCUT2D eigenvalue weighted by molar-refractivity contribution is 0.0669. The molecule has 0 N–H and O–H groups in total. The average Bonchev–Trinajstić information content (AvgIpc) is 2.70. The highest BCUT2D eigenvalue weighted by Crippen LogP contribution is 2.23. The molecule has 20 heavy (non-hydrogen) atoms. The Labute approximate surface area is 118 Å². The Morgan fingerprint density at radius 3 is 2.15 bits per heavy atom. The van der Waals surface area contributed by atoms with Crippen LogP contribution in [-0.2, 0) is 0 Å². The fraction of sp³-hybridized carbons (Fsp3) is 0.0588. The Hall–Kier alpha value is -2.68. The highest BCUT2D eigenvalue weighted by atomic mass is 16.2. The third-order valence-electron chi connectivity index (χ3n) is 3.00.